The lowest BCUT2D eigenvalue weighted by Crippen LogP contribution is -2.42. The third-order valence-electron chi connectivity index (χ3n) is 3.59. The number of carbonyl (C=O) groups is 2. The molecule has 0 radical (unpaired) electrons. The Morgan fingerprint density at radius 1 is 1.35 bits per heavy atom. The molecular formula is C12H19N3O2. The topological polar surface area (TPSA) is 96.0 Å². The fourth-order valence-electron chi connectivity index (χ4n) is 2.55. The van der Waals surface area contributed by atoms with Gasteiger partial charge in [-0.1, -0.05) is 39.0 Å². The largest absolute Gasteiger partial charge is 0.351 e. The van der Waals surface area contributed by atoms with Crippen molar-refractivity contribution in [3.05, 3.63) is 0 Å². The molecule has 5 heteroatoms. The Morgan fingerprint density at radius 3 is 2.41 bits per heavy atom. The normalized spacial score (nSPS) is 20.0. The van der Waals surface area contributed by atoms with E-state index < -0.39 is 17.9 Å². The minimum absolute atomic E-state index is 0.0281. The van der Waals surface area contributed by atoms with E-state index in [-0.39, 0.29) is 5.92 Å². The van der Waals surface area contributed by atoms with Crippen LogP contribution in [0, 0.1) is 29.1 Å². The summed E-state index contributed by atoms with van der Waals surface area (Å²) in [7, 11) is 0. The fraction of sp³-hybridized carbons (Fsp3) is 0.750. The van der Waals surface area contributed by atoms with Gasteiger partial charge in [0.25, 0.3) is 0 Å². The lowest BCUT2D eigenvalue weighted by Gasteiger charge is -2.29. The lowest BCUT2D eigenvalue weighted by atomic mass is 9.75. The molecule has 0 aromatic heterocycles. The van der Waals surface area contributed by atoms with E-state index in [9.17, 15) is 9.59 Å². The van der Waals surface area contributed by atoms with Crippen LogP contribution in [0.5, 0.6) is 0 Å². The van der Waals surface area contributed by atoms with Gasteiger partial charge in [0, 0.05) is 0 Å². The molecule has 1 saturated carbocycles. The molecule has 0 aromatic carbocycles. The van der Waals surface area contributed by atoms with Crippen LogP contribution in [-0.4, -0.2) is 11.9 Å². The molecule has 1 fully saturated rings. The first-order valence-corrected chi connectivity index (χ1v) is 6.06. The Balaban J connectivity index is 2.62. The third-order valence-corrected chi connectivity index (χ3v) is 3.59. The van der Waals surface area contributed by atoms with Crippen LogP contribution in [0.15, 0.2) is 0 Å². The van der Waals surface area contributed by atoms with E-state index in [1.165, 1.54) is 6.42 Å². The van der Waals surface area contributed by atoms with E-state index in [1.807, 2.05) is 18.3 Å². The Kier molecular flexibility index (Phi) is 4.95. The number of rotatable bonds is 3. The number of hydrogen-bond acceptors (Lipinski definition) is 3. The van der Waals surface area contributed by atoms with Gasteiger partial charge in [-0.25, -0.2) is 4.79 Å². The van der Waals surface area contributed by atoms with Crippen molar-refractivity contribution in [3.8, 4) is 6.07 Å². The molecule has 0 saturated heterocycles. The molecular weight excluding hydrogens is 218 g/mol. The smallest absolute Gasteiger partial charge is 0.318 e. The monoisotopic (exact) mass is 237 g/mol. The Morgan fingerprint density at radius 2 is 1.94 bits per heavy atom. The highest BCUT2D eigenvalue weighted by atomic mass is 16.2. The minimum Gasteiger partial charge on any atom is -0.351 e. The summed E-state index contributed by atoms with van der Waals surface area (Å²) in [6.45, 7) is 1.91. The maximum Gasteiger partial charge on any atom is 0.318 e. The van der Waals surface area contributed by atoms with Crippen molar-refractivity contribution in [1.29, 1.82) is 5.26 Å². The van der Waals surface area contributed by atoms with Crippen LogP contribution < -0.4 is 11.1 Å². The van der Waals surface area contributed by atoms with Crippen LogP contribution in [-0.2, 0) is 4.79 Å². The molecule has 94 valence electrons. The molecule has 0 aliphatic heterocycles. The van der Waals surface area contributed by atoms with Crippen molar-refractivity contribution in [3.63, 3.8) is 0 Å². The van der Waals surface area contributed by atoms with Crippen LogP contribution in [0.25, 0.3) is 0 Å². The quantitative estimate of drug-likeness (QED) is 0.779. The van der Waals surface area contributed by atoms with Crippen molar-refractivity contribution < 1.29 is 9.59 Å². The van der Waals surface area contributed by atoms with Crippen molar-refractivity contribution in [2.45, 2.75) is 39.0 Å². The molecule has 1 rings (SSSR count). The molecule has 2 unspecified atom stereocenters. The summed E-state index contributed by atoms with van der Waals surface area (Å²) in [5.74, 6) is -0.990. The summed E-state index contributed by atoms with van der Waals surface area (Å²) in [5.41, 5.74) is 4.88. The predicted molar refractivity (Wildman–Crippen MR) is 62.6 cm³/mol. The zero-order valence-electron chi connectivity index (χ0n) is 10.1. The number of nitrogens with two attached hydrogens (primary N) is 1. The maximum absolute atomic E-state index is 11.6. The molecule has 0 spiro atoms. The van der Waals surface area contributed by atoms with Crippen molar-refractivity contribution in [2.24, 2.45) is 23.5 Å². The highest BCUT2D eigenvalue weighted by molar-refractivity contribution is 5.95. The number of carbonyl (C=O) groups excluding carboxylic acids is 2. The van der Waals surface area contributed by atoms with Gasteiger partial charge in [-0.3, -0.25) is 10.1 Å². The van der Waals surface area contributed by atoms with Gasteiger partial charge in [-0.2, -0.15) is 5.26 Å². The van der Waals surface area contributed by atoms with E-state index in [0.29, 0.717) is 5.92 Å². The molecule has 0 aromatic rings. The van der Waals surface area contributed by atoms with Gasteiger partial charge < -0.3 is 5.73 Å². The first-order chi connectivity index (χ1) is 8.06. The first kappa shape index (κ1) is 13.5. The summed E-state index contributed by atoms with van der Waals surface area (Å²) < 4.78 is 0. The van der Waals surface area contributed by atoms with Gasteiger partial charge in [0.2, 0.25) is 5.91 Å². The van der Waals surface area contributed by atoms with E-state index in [2.05, 4.69) is 0 Å². The molecule has 1 aliphatic carbocycles. The van der Waals surface area contributed by atoms with E-state index in [0.717, 1.165) is 25.7 Å². The van der Waals surface area contributed by atoms with Crippen LogP contribution in [0.2, 0.25) is 0 Å². The van der Waals surface area contributed by atoms with Crippen LogP contribution in [0.3, 0.4) is 0 Å². The highest BCUT2D eigenvalue weighted by Crippen LogP contribution is 2.33. The molecule has 1 aliphatic rings. The van der Waals surface area contributed by atoms with Gasteiger partial charge >= 0.3 is 6.03 Å². The van der Waals surface area contributed by atoms with Crippen LogP contribution >= 0.6 is 0 Å². The number of hydrogen-bond donors (Lipinski definition) is 2. The summed E-state index contributed by atoms with van der Waals surface area (Å²) in [6, 6.07) is 1.09. The summed E-state index contributed by atoms with van der Waals surface area (Å²) in [5, 5.41) is 11.0. The Bertz CT molecular complexity index is 329. The zero-order chi connectivity index (χ0) is 12.8. The molecule has 0 heterocycles. The number of urea groups is 1. The average molecular weight is 237 g/mol. The Hall–Kier alpha value is -1.57. The second kappa shape index (κ2) is 6.24. The van der Waals surface area contributed by atoms with E-state index in [4.69, 9.17) is 11.0 Å². The second-order valence-corrected chi connectivity index (χ2v) is 4.72. The molecule has 5 nitrogen and oxygen atoms in total. The van der Waals surface area contributed by atoms with E-state index >= 15 is 0 Å². The number of primary amides is 1. The van der Waals surface area contributed by atoms with Crippen molar-refractivity contribution >= 4 is 11.9 Å². The Labute approximate surface area is 101 Å². The van der Waals surface area contributed by atoms with E-state index in [1.54, 1.807) is 0 Å². The minimum atomic E-state index is -0.897. The van der Waals surface area contributed by atoms with Crippen LogP contribution in [0.4, 0.5) is 4.79 Å². The number of amides is 3. The van der Waals surface area contributed by atoms with Crippen LogP contribution in [0.1, 0.15) is 39.0 Å². The molecule has 0 bridgehead atoms. The lowest BCUT2D eigenvalue weighted by molar-refractivity contribution is -0.124. The summed E-state index contributed by atoms with van der Waals surface area (Å²) >= 11 is 0. The van der Waals surface area contributed by atoms with Gasteiger partial charge in [0.15, 0.2) is 0 Å². The fourth-order valence-corrected chi connectivity index (χ4v) is 2.55. The molecule has 3 N–H and O–H groups in total. The van der Waals surface area contributed by atoms with Crippen molar-refractivity contribution in [2.75, 3.05) is 0 Å². The summed E-state index contributed by atoms with van der Waals surface area (Å²) in [4.78, 5) is 22.2. The summed E-state index contributed by atoms with van der Waals surface area (Å²) in [6.07, 6.45) is 5.66. The number of nitrogens with zero attached hydrogens (tertiary/aromatic N) is 1. The SMILES string of the molecule is CC(C1CCCCC1)C(C#N)C(=O)NC(N)=O. The van der Waals surface area contributed by atoms with Gasteiger partial charge in [-0.15, -0.1) is 0 Å². The van der Waals surface area contributed by atoms with Gasteiger partial charge in [-0.05, 0) is 11.8 Å². The van der Waals surface area contributed by atoms with Gasteiger partial charge in [0.1, 0.15) is 5.92 Å². The standard InChI is InChI=1S/C12H19N3O2/c1-8(9-5-3-2-4-6-9)10(7-13)11(16)15-12(14)17/h8-10H,2-6H2,1H3,(H3,14,15,16,17). The predicted octanol–water partition coefficient (Wildman–Crippen LogP) is 1.54. The molecule has 2 atom stereocenters. The van der Waals surface area contributed by atoms with Crippen molar-refractivity contribution in [1.82, 2.24) is 5.32 Å². The number of imide groups is 1. The zero-order valence-corrected chi connectivity index (χ0v) is 10.1. The second-order valence-electron chi connectivity index (χ2n) is 4.72. The third kappa shape index (κ3) is 3.74. The number of nitrogens with one attached hydrogen (secondary N) is 1. The average Bonchev–Trinajstić information content (AvgIpc) is 2.30. The number of nitriles is 1. The molecule has 3 amide bonds. The first-order valence-electron chi connectivity index (χ1n) is 6.06. The maximum atomic E-state index is 11.6. The highest BCUT2D eigenvalue weighted by Gasteiger charge is 2.32. The van der Waals surface area contributed by atoms with Gasteiger partial charge in [0.05, 0.1) is 6.07 Å². The molecule has 17 heavy (non-hydrogen) atoms.